The van der Waals surface area contributed by atoms with Crippen LogP contribution in [0.1, 0.15) is 55.2 Å². The van der Waals surface area contributed by atoms with Crippen LogP contribution in [-0.2, 0) is 27.5 Å². The zero-order chi connectivity index (χ0) is 34.0. The molecule has 0 saturated heterocycles. The summed E-state index contributed by atoms with van der Waals surface area (Å²) >= 11 is 0. The van der Waals surface area contributed by atoms with Gasteiger partial charge in [-0.3, -0.25) is 4.72 Å². The summed E-state index contributed by atoms with van der Waals surface area (Å²) in [5.41, 5.74) is 4.81. The van der Waals surface area contributed by atoms with Crippen molar-refractivity contribution in [3.05, 3.63) is 144 Å². The summed E-state index contributed by atoms with van der Waals surface area (Å²) in [7, 11) is -5.65. The van der Waals surface area contributed by atoms with Crippen LogP contribution in [0, 0.1) is 0 Å². The molecule has 5 rings (SSSR count). The Hall–Kier alpha value is -3.95. The maximum absolute atomic E-state index is 12.5. The molecule has 0 aliphatic carbocycles. The number of rotatable bonds is 17. The van der Waals surface area contributed by atoms with E-state index < -0.39 is 18.3 Å². The third-order valence-electron chi connectivity index (χ3n) is 9.26. The lowest BCUT2D eigenvalue weighted by molar-refractivity contribution is 0.181. The minimum absolute atomic E-state index is 0.0210. The zero-order valence-corrected chi connectivity index (χ0v) is 30.3. The Balaban J connectivity index is 1.51. The highest BCUT2D eigenvalue weighted by atomic mass is 32.2. The van der Waals surface area contributed by atoms with Crippen LogP contribution in [0.5, 0.6) is 5.75 Å². The minimum atomic E-state index is -3.57. The van der Waals surface area contributed by atoms with Gasteiger partial charge in [0.05, 0.1) is 18.0 Å². The molecular formula is C40H48N2O4SSi. The number of hydrogen-bond donors (Lipinski definition) is 2. The van der Waals surface area contributed by atoms with E-state index in [2.05, 4.69) is 97.5 Å². The van der Waals surface area contributed by atoms with Crippen molar-refractivity contribution in [2.24, 2.45) is 0 Å². The Labute approximate surface area is 287 Å². The summed E-state index contributed by atoms with van der Waals surface area (Å²) in [6.07, 6.45) is 1.68. The number of hydrogen-bond acceptors (Lipinski definition) is 5. The second-order valence-corrected chi connectivity index (χ2v) is 18.9. The van der Waals surface area contributed by atoms with E-state index in [-0.39, 0.29) is 12.1 Å². The van der Waals surface area contributed by atoms with E-state index in [9.17, 15) is 8.42 Å². The lowest BCUT2D eigenvalue weighted by atomic mass is 9.93. The molecule has 2 N–H and O–H groups in total. The number of nitrogens with one attached hydrogen (secondary N) is 2. The fraction of sp³-hybridized carbons (Fsp3) is 0.300. The van der Waals surface area contributed by atoms with E-state index in [1.165, 1.54) is 21.9 Å². The van der Waals surface area contributed by atoms with Gasteiger partial charge in [0.15, 0.2) is 8.32 Å². The summed E-state index contributed by atoms with van der Waals surface area (Å²) in [4.78, 5) is 0. The first kappa shape index (κ1) is 35.4. The molecule has 0 saturated carbocycles. The molecule has 0 radical (unpaired) electrons. The Morgan fingerprint density at radius 1 is 0.729 bits per heavy atom. The third kappa shape index (κ3) is 9.35. The summed E-state index contributed by atoms with van der Waals surface area (Å²) < 4.78 is 41.1. The smallest absolute Gasteiger partial charge is 0.229 e. The van der Waals surface area contributed by atoms with Gasteiger partial charge in [-0.2, -0.15) is 0 Å². The molecule has 252 valence electrons. The Kier molecular flexibility index (Phi) is 12.1. The average Bonchev–Trinajstić information content (AvgIpc) is 3.11. The number of anilines is 1. The van der Waals surface area contributed by atoms with Gasteiger partial charge in [0.25, 0.3) is 0 Å². The topological polar surface area (TPSA) is 76.7 Å². The second-order valence-electron chi connectivity index (χ2n) is 12.5. The van der Waals surface area contributed by atoms with E-state index in [1.54, 1.807) is 0 Å². The fourth-order valence-corrected chi connectivity index (χ4v) is 9.75. The first-order valence-electron chi connectivity index (χ1n) is 16.9. The minimum Gasteiger partial charge on any atom is -0.487 e. The van der Waals surface area contributed by atoms with Crippen molar-refractivity contribution in [2.75, 3.05) is 17.5 Å². The molecule has 0 spiro atoms. The fourth-order valence-electron chi connectivity index (χ4n) is 6.36. The molecule has 0 bridgehead atoms. The zero-order valence-electron chi connectivity index (χ0n) is 28.5. The summed E-state index contributed by atoms with van der Waals surface area (Å²) in [5, 5.41) is 6.36. The van der Waals surface area contributed by atoms with Gasteiger partial charge in [-0.05, 0) is 69.7 Å². The number of fused-ring (bicyclic) bond motifs is 1. The molecule has 2 unspecified atom stereocenters. The normalized spacial score (nSPS) is 13.2. The van der Waals surface area contributed by atoms with Crippen molar-refractivity contribution < 1.29 is 17.6 Å². The van der Waals surface area contributed by atoms with Gasteiger partial charge in [-0.25, -0.2) is 8.42 Å². The monoisotopic (exact) mass is 680 g/mol. The van der Waals surface area contributed by atoms with Crippen molar-refractivity contribution in [3.8, 4) is 5.75 Å². The van der Waals surface area contributed by atoms with Crippen molar-refractivity contribution in [2.45, 2.75) is 64.1 Å². The van der Waals surface area contributed by atoms with Crippen LogP contribution in [0.15, 0.2) is 121 Å². The van der Waals surface area contributed by atoms with E-state index >= 15 is 0 Å². The van der Waals surface area contributed by atoms with Crippen LogP contribution in [0.25, 0.3) is 10.8 Å². The predicted octanol–water partition coefficient (Wildman–Crippen LogP) is 9.43. The van der Waals surface area contributed by atoms with Gasteiger partial charge in [0.2, 0.25) is 10.0 Å². The molecule has 48 heavy (non-hydrogen) atoms. The molecule has 5 aromatic carbocycles. The first-order valence-corrected chi connectivity index (χ1v) is 21.4. The SMILES string of the molecule is CC[Si](CC)(CC)OC(CNC(Cc1ccccc1)c1cccc2ccccc12)c1ccc(OCc2ccccc2)c(NS(C)(=O)=O)c1. The molecule has 0 amide bonds. The molecule has 0 aliphatic rings. The van der Waals surface area contributed by atoms with Gasteiger partial charge in [0, 0.05) is 12.6 Å². The second kappa shape index (κ2) is 16.4. The quantitative estimate of drug-likeness (QED) is 0.0958. The predicted molar refractivity (Wildman–Crippen MR) is 202 cm³/mol. The van der Waals surface area contributed by atoms with Crippen LogP contribution in [0.4, 0.5) is 5.69 Å². The van der Waals surface area contributed by atoms with Gasteiger partial charge >= 0.3 is 0 Å². The highest BCUT2D eigenvalue weighted by Crippen LogP contribution is 2.35. The van der Waals surface area contributed by atoms with Crippen molar-refractivity contribution >= 4 is 34.8 Å². The highest BCUT2D eigenvalue weighted by Gasteiger charge is 2.33. The number of sulfonamides is 1. The Morgan fingerprint density at radius 2 is 1.35 bits per heavy atom. The van der Waals surface area contributed by atoms with Crippen molar-refractivity contribution in [1.82, 2.24) is 5.32 Å². The molecule has 0 fully saturated rings. The van der Waals surface area contributed by atoms with Gasteiger partial charge < -0.3 is 14.5 Å². The van der Waals surface area contributed by atoms with Crippen LogP contribution in [-0.4, -0.2) is 29.5 Å². The van der Waals surface area contributed by atoms with Gasteiger partial charge in [-0.15, -0.1) is 0 Å². The van der Waals surface area contributed by atoms with E-state index in [0.29, 0.717) is 24.6 Å². The van der Waals surface area contributed by atoms with Crippen LogP contribution < -0.4 is 14.8 Å². The molecule has 0 aliphatic heterocycles. The average molecular weight is 681 g/mol. The van der Waals surface area contributed by atoms with Crippen molar-refractivity contribution in [1.29, 1.82) is 0 Å². The molecular weight excluding hydrogens is 633 g/mol. The lowest BCUT2D eigenvalue weighted by Gasteiger charge is -2.35. The highest BCUT2D eigenvalue weighted by molar-refractivity contribution is 7.92. The summed E-state index contributed by atoms with van der Waals surface area (Å²) in [5.74, 6) is 0.474. The van der Waals surface area contributed by atoms with E-state index in [0.717, 1.165) is 41.9 Å². The largest absolute Gasteiger partial charge is 0.487 e. The van der Waals surface area contributed by atoms with Gasteiger partial charge in [0.1, 0.15) is 12.4 Å². The maximum atomic E-state index is 12.5. The van der Waals surface area contributed by atoms with Crippen LogP contribution in [0.2, 0.25) is 18.1 Å². The molecule has 6 nitrogen and oxygen atoms in total. The Morgan fingerprint density at radius 3 is 2.02 bits per heavy atom. The van der Waals surface area contributed by atoms with Gasteiger partial charge in [-0.1, -0.05) is 130 Å². The lowest BCUT2D eigenvalue weighted by Crippen LogP contribution is -2.40. The van der Waals surface area contributed by atoms with Crippen molar-refractivity contribution in [3.63, 3.8) is 0 Å². The maximum Gasteiger partial charge on any atom is 0.229 e. The number of ether oxygens (including phenoxy) is 1. The van der Waals surface area contributed by atoms with Crippen LogP contribution in [0.3, 0.4) is 0 Å². The Bertz CT molecular complexity index is 1850. The van der Waals surface area contributed by atoms with E-state index in [1.807, 2.05) is 54.6 Å². The molecule has 2 atom stereocenters. The standard InChI is InChI=1S/C40H48N2O4SSi/c1-5-48(6-2,7-3)46-40(34-25-26-39(38(28-34)42-47(4,43)44)45-30-32-19-12-9-13-20-32)29-41-37(27-31-17-10-8-11-18-31)36-24-16-22-33-21-14-15-23-35(33)36/h8-26,28,37,40-42H,5-7,27,29-30H2,1-4H3. The van der Waals surface area contributed by atoms with Crippen LogP contribution >= 0.6 is 0 Å². The molecule has 5 aromatic rings. The first-order chi connectivity index (χ1) is 23.2. The molecule has 0 aromatic heterocycles. The third-order valence-corrected chi connectivity index (χ3v) is 14.5. The summed E-state index contributed by atoms with van der Waals surface area (Å²) in [6, 6.07) is 44.2. The molecule has 8 heteroatoms. The van der Waals surface area contributed by atoms with E-state index in [4.69, 9.17) is 9.16 Å². The number of benzene rings is 5. The molecule has 0 heterocycles. The summed E-state index contributed by atoms with van der Waals surface area (Å²) in [6.45, 7) is 7.57.